The van der Waals surface area contributed by atoms with Crippen LogP contribution in [0.4, 0.5) is 8.78 Å². The van der Waals surface area contributed by atoms with Gasteiger partial charge in [-0.05, 0) is 48.3 Å². The molecule has 1 unspecified atom stereocenters. The van der Waals surface area contributed by atoms with Gasteiger partial charge in [0.15, 0.2) is 0 Å². The highest BCUT2D eigenvalue weighted by molar-refractivity contribution is 5.00. The number of alkyl halides is 2. The van der Waals surface area contributed by atoms with Crippen molar-refractivity contribution in [2.45, 2.75) is 65.7 Å². The predicted octanol–water partition coefficient (Wildman–Crippen LogP) is 5.13. The molecular weight excluding hydrogens is 218 g/mol. The molecule has 2 aliphatic carbocycles. The zero-order chi connectivity index (χ0) is 12.6. The van der Waals surface area contributed by atoms with Gasteiger partial charge in [0.05, 0.1) is 0 Å². The van der Waals surface area contributed by atoms with Gasteiger partial charge >= 0.3 is 0 Å². The Morgan fingerprint density at radius 3 is 2.59 bits per heavy atom. The van der Waals surface area contributed by atoms with Crippen molar-refractivity contribution in [1.29, 1.82) is 0 Å². The molecule has 0 aromatic carbocycles. The SMILES string of the molecule is CC(CC(F)F)[C@H]1CC[C@H]2[C@@H](C)CCC[C@]12C. The summed E-state index contributed by atoms with van der Waals surface area (Å²) in [5.41, 5.74) is 0.353. The number of hydrogen-bond donors (Lipinski definition) is 0. The lowest BCUT2D eigenvalue weighted by Crippen LogP contribution is -2.38. The average Bonchev–Trinajstić information content (AvgIpc) is 2.55. The molecule has 0 aromatic heterocycles. The van der Waals surface area contributed by atoms with E-state index in [-0.39, 0.29) is 12.3 Å². The molecule has 2 heteroatoms. The summed E-state index contributed by atoms with van der Waals surface area (Å²) in [7, 11) is 0. The van der Waals surface area contributed by atoms with Gasteiger partial charge in [0.25, 0.3) is 0 Å². The third-order valence-electron chi connectivity index (χ3n) is 5.78. The summed E-state index contributed by atoms with van der Waals surface area (Å²) in [6, 6.07) is 0. The Hall–Kier alpha value is -0.140. The smallest absolute Gasteiger partial charge is 0.211 e. The van der Waals surface area contributed by atoms with Gasteiger partial charge in [-0.2, -0.15) is 0 Å². The monoisotopic (exact) mass is 244 g/mol. The molecule has 0 amide bonds. The lowest BCUT2D eigenvalue weighted by atomic mass is 9.59. The zero-order valence-electron chi connectivity index (χ0n) is 11.4. The van der Waals surface area contributed by atoms with E-state index in [1.54, 1.807) is 0 Å². The van der Waals surface area contributed by atoms with Crippen LogP contribution in [-0.4, -0.2) is 6.43 Å². The maximum absolute atomic E-state index is 12.6. The van der Waals surface area contributed by atoms with Gasteiger partial charge in [0.1, 0.15) is 0 Å². The van der Waals surface area contributed by atoms with Crippen LogP contribution in [-0.2, 0) is 0 Å². The first kappa shape index (κ1) is 13.3. The van der Waals surface area contributed by atoms with Gasteiger partial charge in [-0.1, -0.05) is 33.6 Å². The summed E-state index contributed by atoms with van der Waals surface area (Å²) in [4.78, 5) is 0. The van der Waals surface area contributed by atoms with Crippen molar-refractivity contribution in [2.24, 2.45) is 29.1 Å². The Morgan fingerprint density at radius 1 is 1.24 bits per heavy atom. The summed E-state index contributed by atoms with van der Waals surface area (Å²) >= 11 is 0. The van der Waals surface area contributed by atoms with E-state index in [1.165, 1.54) is 32.1 Å². The largest absolute Gasteiger partial charge is 0.238 e. The molecule has 100 valence electrons. The van der Waals surface area contributed by atoms with Gasteiger partial charge in [-0.15, -0.1) is 0 Å². The van der Waals surface area contributed by atoms with Crippen molar-refractivity contribution >= 4 is 0 Å². The summed E-state index contributed by atoms with van der Waals surface area (Å²) in [6.45, 7) is 6.79. The molecule has 0 saturated heterocycles. The van der Waals surface area contributed by atoms with Crippen molar-refractivity contribution in [1.82, 2.24) is 0 Å². The van der Waals surface area contributed by atoms with Crippen LogP contribution >= 0.6 is 0 Å². The first-order valence-electron chi connectivity index (χ1n) is 7.23. The lowest BCUT2D eigenvalue weighted by molar-refractivity contribution is 0.0175. The number of fused-ring (bicyclic) bond motifs is 1. The quantitative estimate of drug-likeness (QED) is 0.645. The molecule has 0 aliphatic heterocycles. The lowest BCUT2D eigenvalue weighted by Gasteiger charge is -2.46. The van der Waals surface area contributed by atoms with Gasteiger partial charge in [-0.25, -0.2) is 8.78 Å². The second-order valence-electron chi connectivity index (χ2n) is 6.77. The number of rotatable bonds is 3. The average molecular weight is 244 g/mol. The van der Waals surface area contributed by atoms with Crippen LogP contribution in [0.1, 0.15) is 59.3 Å². The summed E-state index contributed by atoms with van der Waals surface area (Å²) in [5.74, 6) is 2.32. The fourth-order valence-electron chi connectivity index (χ4n) is 4.98. The molecule has 0 N–H and O–H groups in total. The third-order valence-corrected chi connectivity index (χ3v) is 5.78. The standard InChI is InChI=1S/C15H26F2/c1-10-5-4-8-15(3)12(10)6-7-13(15)11(2)9-14(16)17/h10-14H,4-9H2,1-3H3/t10-,11?,12-,13+,15-/m0/s1. The highest BCUT2D eigenvalue weighted by Crippen LogP contribution is 2.59. The van der Waals surface area contributed by atoms with Gasteiger partial charge in [0.2, 0.25) is 6.43 Å². The van der Waals surface area contributed by atoms with Gasteiger partial charge in [-0.3, -0.25) is 0 Å². The van der Waals surface area contributed by atoms with Crippen molar-refractivity contribution in [3.63, 3.8) is 0 Å². The Labute approximate surface area is 104 Å². The van der Waals surface area contributed by atoms with Gasteiger partial charge in [0, 0.05) is 6.42 Å². The minimum atomic E-state index is -2.13. The van der Waals surface area contributed by atoms with E-state index in [4.69, 9.17) is 0 Å². The fourth-order valence-corrected chi connectivity index (χ4v) is 4.98. The van der Waals surface area contributed by atoms with E-state index in [1.807, 2.05) is 6.92 Å². The fraction of sp³-hybridized carbons (Fsp3) is 1.00. The van der Waals surface area contributed by atoms with Crippen molar-refractivity contribution in [3.05, 3.63) is 0 Å². The first-order valence-corrected chi connectivity index (χ1v) is 7.23. The molecular formula is C15H26F2. The molecule has 0 bridgehead atoms. The van der Waals surface area contributed by atoms with Crippen LogP contribution in [0.15, 0.2) is 0 Å². The third kappa shape index (κ3) is 2.37. The predicted molar refractivity (Wildman–Crippen MR) is 67.1 cm³/mol. The normalized spacial score (nSPS) is 43.8. The molecule has 2 rings (SSSR count). The molecule has 2 fully saturated rings. The minimum absolute atomic E-state index is 0.0986. The van der Waals surface area contributed by atoms with E-state index in [0.29, 0.717) is 11.3 Å². The Bertz CT molecular complexity index is 264. The van der Waals surface area contributed by atoms with E-state index < -0.39 is 6.43 Å². The number of halogens is 2. The maximum atomic E-state index is 12.6. The van der Waals surface area contributed by atoms with Crippen LogP contribution in [0.5, 0.6) is 0 Å². The van der Waals surface area contributed by atoms with E-state index >= 15 is 0 Å². The van der Waals surface area contributed by atoms with Crippen LogP contribution in [0.2, 0.25) is 0 Å². The molecule has 0 radical (unpaired) electrons. The van der Waals surface area contributed by atoms with E-state index in [0.717, 1.165) is 11.8 Å². The molecule has 0 aromatic rings. The Kier molecular flexibility index (Phi) is 3.80. The van der Waals surface area contributed by atoms with Crippen molar-refractivity contribution in [2.75, 3.05) is 0 Å². The van der Waals surface area contributed by atoms with Gasteiger partial charge < -0.3 is 0 Å². The van der Waals surface area contributed by atoms with Crippen LogP contribution < -0.4 is 0 Å². The zero-order valence-corrected chi connectivity index (χ0v) is 11.4. The van der Waals surface area contributed by atoms with E-state index in [2.05, 4.69) is 13.8 Å². The second kappa shape index (κ2) is 4.85. The molecule has 0 nitrogen and oxygen atoms in total. The first-order chi connectivity index (χ1) is 7.95. The summed E-state index contributed by atoms with van der Waals surface area (Å²) in [5, 5.41) is 0. The second-order valence-corrected chi connectivity index (χ2v) is 6.77. The Balaban J connectivity index is 2.09. The Morgan fingerprint density at radius 2 is 1.94 bits per heavy atom. The highest BCUT2D eigenvalue weighted by Gasteiger charge is 2.51. The molecule has 5 atom stereocenters. The van der Waals surface area contributed by atoms with Crippen LogP contribution in [0.3, 0.4) is 0 Å². The summed E-state index contributed by atoms with van der Waals surface area (Å²) < 4.78 is 25.1. The molecule has 0 spiro atoms. The topological polar surface area (TPSA) is 0 Å². The van der Waals surface area contributed by atoms with E-state index in [9.17, 15) is 8.78 Å². The van der Waals surface area contributed by atoms with Crippen molar-refractivity contribution < 1.29 is 8.78 Å². The van der Waals surface area contributed by atoms with Crippen LogP contribution in [0.25, 0.3) is 0 Å². The van der Waals surface area contributed by atoms with Crippen LogP contribution in [0, 0.1) is 29.1 Å². The highest BCUT2D eigenvalue weighted by atomic mass is 19.3. The van der Waals surface area contributed by atoms with Crippen molar-refractivity contribution in [3.8, 4) is 0 Å². The molecule has 2 saturated carbocycles. The molecule has 17 heavy (non-hydrogen) atoms. The number of hydrogen-bond acceptors (Lipinski definition) is 0. The molecule has 2 aliphatic rings. The molecule has 0 heterocycles. The minimum Gasteiger partial charge on any atom is -0.211 e. The maximum Gasteiger partial charge on any atom is 0.238 e. The summed E-state index contributed by atoms with van der Waals surface area (Å²) in [6.07, 6.45) is 4.33.